The molecular formula is C18H17F3N2O3S. The molecule has 1 saturated heterocycles. The third-order valence-corrected chi connectivity index (χ3v) is 5.70. The van der Waals surface area contributed by atoms with Crippen LogP contribution < -0.4 is 9.62 Å². The summed E-state index contributed by atoms with van der Waals surface area (Å²) in [4.78, 5) is 13.2. The number of hydrogen-bond acceptors (Lipinski definition) is 3. The lowest BCUT2D eigenvalue weighted by Crippen LogP contribution is -2.24. The molecule has 5 nitrogen and oxygen atoms in total. The van der Waals surface area contributed by atoms with E-state index in [9.17, 15) is 26.4 Å². The minimum atomic E-state index is -4.52. The van der Waals surface area contributed by atoms with Crippen molar-refractivity contribution in [2.24, 2.45) is 0 Å². The van der Waals surface area contributed by atoms with E-state index in [1.807, 2.05) is 0 Å². The topological polar surface area (TPSA) is 66.5 Å². The summed E-state index contributed by atoms with van der Waals surface area (Å²) in [5, 5.41) is 0. The molecule has 0 aliphatic carbocycles. The largest absolute Gasteiger partial charge is 0.416 e. The second kappa shape index (κ2) is 7.32. The second-order valence-corrected chi connectivity index (χ2v) is 7.93. The number of nitrogens with one attached hydrogen (secondary N) is 1. The Bertz CT molecular complexity index is 924. The highest BCUT2D eigenvalue weighted by Gasteiger charge is 2.30. The standard InChI is InChI=1S/C18H17F3N2O3S/c19-18(20,21)14-5-9-16(10-6-14)27(25,26)22-12-13-3-7-15(8-4-13)23-11-1-2-17(23)24/h3-10,22H,1-2,11-12H2. The van der Waals surface area contributed by atoms with E-state index >= 15 is 0 Å². The molecule has 1 heterocycles. The van der Waals surface area contributed by atoms with Gasteiger partial charge in [-0.3, -0.25) is 4.79 Å². The number of amides is 1. The number of alkyl halides is 3. The van der Waals surface area contributed by atoms with Gasteiger partial charge in [0, 0.05) is 25.2 Å². The molecule has 0 aromatic heterocycles. The third kappa shape index (κ3) is 4.48. The fraction of sp³-hybridized carbons (Fsp3) is 0.278. The molecule has 0 atom stereocenters. The second-order valence-electron chi connectivity index (χ2n) is 6.16. The van der Waals surface area contributed by atoms with Crippen LogP contribution in [0, 0.1) is 0 Å². The number of carbonyl (C=O) groups excluding carboxylic acids is 1. The van der Waals surface area contributed by atoms with E-state index in [4.69, 9.17) is 0 Å². The molecule has 1 fully saturated rings. The fourth-order valence-corrected chi connectivity index (χ4v) is 3.82. The van der Waals surface area contributed by atoms with Crippen molar-refractivity contribution < 1.29 is 26.4 Å². The summed E-state index contributed by atoms with van der Waals surface area (Å²) in [7, 11) is -3.94. The van der Waals surface area contributed by atoms with E-state index in [1.54, 1.807) is 29.2 Å². The highest BCUT2D eigenvalue weighted by Crippen LogP contribution is 2.29. The van der Waals surface area contributed by atoms with Gasteiger partial charge in [-0.25, -0.2) is 13.1 Å². The molecule has 9 heteroatoms. The van der Waals surface area contributed by atoms with Crippen molar-refractivity contribution in [3.63, 3.8) is 0 Å². The van der Waals surface area contributed by atoms with Crippen LogP contribution in [-0.2, 0) is 27.5 Å². The SMILES string of the molecule is O=C1CCCN1c1ccc(CNS(=O)(=O)c2ccc(C(F)(F)F)cc2)cc1. The van der Waals surface area contributed by atoms with E-state index in [-0.39, 0.29) is 17.3 Å². The molecule has 27 heavy (non-hydrogen) atoms. The Morgan fingerprint density at radius 3 is 2.15 bits per heavy atom. The van der Waals surface area contributed by atoms with Crippen LogP contribution >= 0.6 is 0 Å². The van der Waals surface area contributed by atoms with Gasteiger partial charge in [-0.2, -0.15) is 13.2 Å². The molecule has 1 aliphatic heterocycles. The first-order valence-corrected chi connectivity index (χ1v) is 9.71. The Balaban J connectivity index is 1.65. The van der Waals surface area contributed by atoms with Gasteiger partial charge in [0.2, 0.25) is 15.9 Å². The molecule has 1 amide bonds. The lowest BCUT2D eigenvalue weighted by atomic mass is 10.2. The Kier molecular flexibility index (Phi) is 5.25. The maximum absolute atomic E-state index is 12.6. The smallest absolute Gasteiger partial charge is 0.312 e. The summed E-state index contributed by atoms with van der Waals surface area (Å²) >= 11 is 0. The van der Waals surface area contributed by atoms with Gasteiger partial charge < -0.3 is 4.90 Å². The molecule has 0 saturated carbocycles. The molecule has 0 bridgehead atoms. The van der Waals surface area contributed by atoms with E-state index < -0.39 is 21.8 Å². The predicted molar refractivity (Wildman–Crippen MR) is 93.5 cm³/mol. The van der Waals surface area contributed by atoms with Crippen LogP contribution in [0.1, 0.15) is 24.0 Å². The number of anilines is 1. The van der Waals surface area contributed by atoms with Crippen molar-refractivity contribution >= 4 is 21.6 Å². The van der Waals surface area contributed by atoms with Gasteiger partial charge in [-0.05, 0) is 48.4 Å². The van der Waals surface area contributed by atoms with Gasteiger partial charge in [0.05, 0.1) is 10.5 Å². The molecule has 2 aromatic rings. The lowest BCUT2D eigenvalue weighted by molar-refractivity contribution is -0.137. The molecule has 144 valence electrons. The molecule has 3 rings (SSSR count). The molecular weight excluding hydrogens is 381 g/mol. The van der Waals surface area contributed by atoms with Crippen LogP contribution in [0.2, 0.25) is 0 Å². The number of rotatable bonds is 5. The predicted octanol–water partition coefficient (Wildman–Crippen LogP) is 3.31. The number of hydrogen-bond donors (Lipinski definition) is 1. The number of nitrogens with zero attached hydrogens (tertiary/aromatic N) is 1. The van der Waals surface area contributed by atoms with Crippen LogP contribution in [0.5, 0.6) is 0 Å². The average Bonchev–Trinajstić information content (AvgIpc) is 3.06. The summed E-state index contributed by atoms with van der Waals surface area (Å²) in [6.07, 6.45) is -3.18. The highest BCUT2D eigenvalue weighted by molar-refractivity contribution is 7.89. The summed E-state index contributed by atoms with van der Waals surface area (Å²) in [6.45, 7) is 0.649. The first kappa shape index (κ1) is 19.4. The minimum absolute atomic E-state index is 0.0163. The summed E-state index contributed by atoms with van der Waals surface area (Å²) in [5.41, 5.74) is 0.515. The van der Waals surface area contributed by atoms with Gasteiger partial charge >= 0.3 is 6.18 Å². The number of halogens is 3. The summed E-state index contributed by atoms with van der Waals surface area (Å²) in [5.74, 6) is 0.0609. The normalized spacial score (nSPS) is 15.4. The van der Waals surface area contributed by atoms with Gasteiger partial charge in [0.15, 0.2) is 0 Å². The Hall–Kier alpha value is -2.39. The quantitative estimate of drug-likeness (QED) is 0.840. The van der Waals surface area contributed by atoms with Crippen LogP contribution in [-0.4, -0.2) is 20.9 Å². The zero-order valence-electron chi connectivity index (χ0n) is 14.2. The van der Waals surface area contributed by atoms with Crippen molar-refractivity contribution in [3.8, 4) is 0 Å². The highest BCUT2D eigenvalue weighted by atomic mass is 32.2. The van der Waals surface area contributed by atoms with Gasteiger partial charge in [-0.1, -0.05) is 12.1 Å². The molecule has 0 radical (unpaired) electrons. The zero-order valence-corrected chi connectivity index (χ0v) is 15.0. The Morgan fingerprint density at radius 2 is 1.63 bits per heavy atom. The number of sulfonamides is 1. The van der Waals surface area contributed by atoms with Crippen molar-refractivity contribution in [1.29, 1.82) is 0 Å². The Labute approximate surface area is 154 Å². The van der Waals surface area contributed by atoms with E-state index in [1.165, 1.54) is 0 Å². The number of benzene rings is 2. The van der Waals surface area contributed by atoms with Crippen molar-refractivity contribution in [2.45, 2.75) is 30.5 Å². The van der Waals surface area contributed by atoms with E-state index in [0.29, 0.717) is 18.5 Å². The van der Waals surface area contributed by atoms with Crippen molar-refractivity contribution in [3.05, 3.63) is 59.7 Å². The summed E-state index contributed by atoms with van der Waals surface area (Å²) < 4.78 is 64.5. The van der Waals surface area contributed by atoms with Gasteiger partial charge in [0.1, 0.15) is 0 Å². The van der Waals surface area contributed by atoms with Crippen LogP contribution in [0.25, 0.3) is 0 Å². The van der Waals surface area contributed by atoms with Crippen LogP contribution in [0.15, 0.2) is 53.4 Å². The van der Waals surface area contributed by atoms with Crippen LogP contribution in [0.4, 0.5) is 18.9 Å². The summed E-state index contributed by atoms with van der Waals surface area (Å²) in [6, 6.07) is 10.2. The average molecular weight is 398 g/mol. The van der Waals surface area contributed by atoms with Crippen molar-refractivity contribution in [2.75, 3.05) is 11.4 Å². The molecule has 0 unspecified atom stereocenters. The fourth-order valence-electron chi connectivity index (χ4n) is 2.80. The number of carbonyl (C=O) groups is 1. The first-order valence-electron chi connectivity index (χ1n) is 8.23. The maximum atomic E-state index is 12.6. The lowest BCUT2D eigenvalue weighted by Gasteiger charge is -2.16. The minimum Gasteiger partial charge on any atom is -0.312 e. The van der Waals surface area contributed by atoms with Gasteiger partial charge in [0.25, 0.3) is 0 Å². The third-order valence-electron chi connectivity index (χ3n) is 4.28. The maximum Gasteiger partial charge on any atom is 0.416 e. The van der Waals surface area contributed by atoms with Gasteiger partial charge in [-0.15, -0.1) is 0 Å². The van der Waals surface area contributed by atoms with Crippen molar-refractivity contribution in [1.82, 2.24) is 4.72 Å². The zero-order chi connectivity index (χ0) is 19.7. The molecule has 0 spiro atoms. The molecule has 1 N–H and O–H groups in total. The van der Waals surface area contributed by atoms with Crippen LogP contribution in [0.3, 0.4) is 0 Å². The molecule has 1 aliphatic rings. The monoisotopic (exact) mass is 398 g/mol. The van der Waals surface area contributed by atoms with E-state index in [0.717, 1.165) is 36.4 Å². The molecule has 2 aromatic carbocycles. The Morgan fingerprint density at radius 1 is 1.00 bits per heavy atom. The van der Waals surface area contributed by atoms with E-state index in [2.05, 4.69) is 4.72 Å². The first-order chi connectivity index (χ1) is 12.7.